The van der Waals surface area contributed by atoms with Crippen LogP contribution in [0.15, 0.2) is 12.3 Å². The van der Waals surface area contributed by atoms with Crippen LogP contribution >= 0.6 is 0 Å². The Morgan fingerprint density at radius 3 is 2.68 bits per heavy atom. The van der Waals surface area contributed by atoms with E-state index in [1.54, 1.807) is 0 Å². The Morgan fingerprint density at radius 1 is 1.23 bits per heavy atom. The summed E-state index contributed by atoms with van der Waals surface area (Å²) in [6, 6.07) is 2.16. The van der Waals surface area contributed by atoms with E-state index in [9.17, 15) is 0 Å². The fourth-order valence-electron chi connectivity index (χ4n) is 2.96. The second-order valence-electron chi connectivity index (χ2n) is 6.58. The van der Waals surface area contributed by atoms with Gasteiger partial charge in [0.2, 0.25) is 0 Å². The molecule has 5 nitrogen and oxygen atoms in total. The molecular weight excluding hydrogens is 274 g/mol. The number of aryl methyl sites for hydroxylation is 1. The second-order valence-corrected chi connectivity index (χ2v) is 6.58. The number of piperidine rings is 1. The smallest absolute Gasteiger partial charge is 0.162 e. The van der Waals surface area contributed by atoms with Crippen molar-refractivity contribution >= 4 is 17.3 Å². The van der Waals surface area contributed by atoms with Crippen LogP contribution in [-0.2, 0) is 6.42 Å². The highest BCUT2D eigenvalue weighted by atomic mass is 15.3. The van der Waals surface area contributed by atoms with E-state index in [2.05, 4.69) is 42.2 Å². The minimum absolute atomic E-state index is 0.600. The van der Waals surface area contributed by atoms with E-state index in [-0.39, 0.29) is 0 Å². The first-order valence-corrected chi connectivity index (χ1v) is 8.55. The second kappa shape index (κ2) is 6.55. The lowest BCUT2D eigenvalue weighted by molar-refractivity contribution is 0.573. The monoisotopic (exact) mass is 301 g/mol. The van der Waals surface area contributed by atoms with Crippen molar-refractivity contribution in [3.8, 4) is 0 Å². The summed E-state index contributed by atoms with van der Waals surface area (Å²) in [7, 11) is 0. The molecule has 1 aliphatic rings. The van der Waals surface area contributed by atoms with Gasteiger partial charge in [0.1, 0.15) is 11.6 Å². The highest BCUT2D eigenvalue weighted by molar-refractivity contribution is 5.61. The minimum atomic E-state index is 0.600. The number of hydrogen-bond acceptors (Lipinski definition) is 4. The fraction of sp³-hybridized carbons (Fsp3) is 0.647. The molecule has 0 amide bonds. The van der Waals surface area contributed by atoms with Gasteiger partial charge in [-0.05, 0) is 31.6 Å². The topological polar surface area (TPSA) is 45.5 Å². The summed E-state index contributed by atoms with van der Waals surface area (Å²) in [4.78, 5) is 7.32. The summed E-state index contributed by atoms with van der Waals surface area (Å²) < 4.78 is 1.95. The van der Waals surface area contributed by atoms with Crippen LogP contribution in [0.25, 0.3) is 5.65 Å². The molecule has 1 saturated heterocycles. The Labute approximate surface area is 132 Å². The molecule has 1 N–H and O–H groups in total. The molecule has 2 aromatic heterocycles. The van der Waals surface area contributed by atoms with E-state index in [1.165, 1.54) is 24.8 Å². The van der Waals surface area contributed by atoms with E-state index in [0.29, 0.717) is 5.92 Å². The van der Waals surface area contributed by atoms with Gasteiger partial charge in [0.15, 0.2) is 5.65 Å². The van der Waals surface area contributed by atoms with Crippen LogP contribution in [0.3, 0.4) is 0 Å². The molecule has 3 heterocycles. The predicted octanol–water partition coefficient (Wildman–Crippen LogP) is 3.35. The van der Waals surface area contributed by atoms with Crippen molar-refractivity contribution in [1.29, 1.82) is 0 Å². The van der Waals surface area contributed by atoms with Gasteiger partial charge in [-0.2, -0.15) is 9.61 Å². The molecule has 1 fully saturated rings. The van der Waals surface area contributed by atoms with Crippen molar-refractivity contribution < 1.29 is 0 Å². The fourth-order valence-corrected chi connectivity index (χ4v) is 2.96. The van der Waals surface area contributed by atoms with E-state index >= 15 is 0 Å². The van der Waals surface area contributed by atoms with Crippen molar-refractivity contribution in [2.75, 3.05) is 29.9 Å². The number of nitrogens with one attached hydrogen (secondary N) is 1. The molecule has 120 valence electrons. The van der Waals surface area contributed by atoms with E-state index < -0.39 is 0 Å². The zero-order chi connectivity index (χ0) is 15.5. The summed E-state index contributed by atoms with van der Waals surface area (Å²) >= 11 is 0. The molecule has 22 heavy (non-hydrogen) atoms. The summed E-state index contributed by atoms with van der Waals surface area (Å²) in [5.74, 6) is 2.75. The van der Waals surface area contributed by atoms with Crippen molar-refractivity contribution in [1.82, 2.24) is 14.6 Å². The first-order chi connectivity index (χ1) is 10.7. The molecule has 0 bridgehead atoms. The third-order valence-corrected chi connectivity index (χ3v) is 4.28. The number of rotatable bonds is 5. The first-order valence-electron chi connectivity index (χ1n) is 8.55. The van der Waals surface area contributed by atoms with Crippen molar-refractivity contribution in [2.45, 2.75) is 46.5 Å². The van der Waals surface area contributed by atoms with Crippen LogP contribution in [0.1, 0.15) is 45.6 Å². The Morgan fingerprint density at radius 2 is 2.00 bits per heavy atom. The first kappa shape index (κ1) is 15.1. The highest BCUT2D eigenvalue weighted by Gasteiger charge is 2.16. The number of nitrogens with zero attached hydrogens (tertiary/aromatic N) is 4. The Hall–Kier alpha value is -1.78. The molecule has 0 aromatic carbocycles. The maximum atomic E-state index is 4.90. The lowest BCUT2D eigenvalue weighted by Crippen LogP contribution is -2.30. The van der Waals surface area contributed by atoms with E-state index in [0.717, 1.165) is 43.3 Å². The molecule has 0 saturated carbocycles. The molecule has 0 unspecified atom stereocenters. The highest BCUT2D eigenvalue weighted by Crippen LogP contribution is 2.24. The third kappa shape index (κ3) is 3.03. The van der Waals surface area contributed by atoms with Gasteiger partial charge in [-0.25, -0.2) is 4.98 Å². The molecule has 3 rings (SSSR count). The summed E-state index contributed by atoms with van der Waals surface area (Å²) in [6.45, 7) is 9.77. The van der Waals surface area contributed by atoms with E-state index in [4.69, 9.17) is 4.98 Å². The normalized spacial score (nSPS) is 15.7. The Balaban J connectivity index is 2.00. The number of hydrogen-bond donors (Lipinski definition) is 1. The molecule has 2 aromatic rings. The summed E-state index contributed by atoms with van der Waals surface area (Å²) in [5, 5.41) is 8.06. The number of fused-ring (bicyclic) bond motifs is 1. The van der Waals surface area contributed by atoms with Crippen LogP contribution in [0.4, 0.5) is 11.6 Å². The SMILES string of the molecule is CCc1cnn2c(NCC(C)C)cc(N3CCCCC3)nc12. The van der Waals surface area contributed by atoms with Gasteiger partial charge in [0.05, 0.1) is 6.20 Å². The Kier molecular flexibility index (Phi) is 4.50. The largest absolute Gasteiger partial charge is 0.370 e. The van der Waals surface area contributed by atoms with Crippen LogP contribution in [0, 0.1) is 5.92 Å². The summed E-state index contributed by atoms with van der Waals surface area (Å²) in [5.41, 5.74) is 2.21. The molecule has 5 heteroatoms. The zero-order valence-electron chi connectivity index (χ0n) is 14.0. The number of anilines is 2. The predicted molar refractivity (Wildman–Crippen MR) is 91.8 cm³/mol. The molecule has 1 aliphatic heterocycles. The van der Waals surface area contributed by atoms with Crippen LogP contribution in [0.2, 0.25) is 0 Å². The zero-order valence-corrected chi connectivity index (χ0v) is 14.0. The maximum absolute atomic E-state index is 4.90. The number of aromatic nitrogens is 3. The van der Waals surface area contributed by atoms with Gasteiger partial charge in [-0.3, -0.25) is 0 Å². The van der Waals surface area contributed by atoms with Crippen molar-refractivity contribution in [2.24, 2.45) is 5.92 Å². The van der Waals surface area contributed by atoms with Crippen molar-refractivity contribution in [3.05, 3.63) is 17.8 Å². The van der Waals surface area contributed by atoms with Crippen molar-refractivity contribution in [3.63, 3.8) is 0 Å². The molecule has 0 aliphatic carbocycles. The molecule has 0 atom stereocenters. The van der Waals surface area contributed by atoms with Gasteiger partial charge < -0.3 is 10.2 Å². The standard InChI is InChI=1S/C17H27N5/c1-4-14-12-19-22-15(18-11-13(2)3)10-16(20-17(14)22)21-8-6-5-7-9-21/h10,12-13,18H,4-9,11H2,1-3H3. The lowest BCUT2D eigenvalue weighted by atomic mass is 10.1. The van der Waals surface area contributed by atoms with Crippen LogP contribution < -0.4 is 10.2 Å². The Bertz CT molecular complexity index is 625. The van der Waals surface area contributed by atoms with Gasteiger partial charge in [0.25, 0.3) is 0 Å². The minimum Gasteiger partial charge on any atom is -0.370 e. The lowest BCUT2D eigenvalue weighted by Gasteiger charge is -2.28. The van der Waals surface area contributed by atoms with Gasteiger partial charge in [-0.1, -0.05) is 20.8 Å². The van der Waals surface area contributed by atoms with Gasteiger partial charge in [0, 0.05) is 31.3 Å². The average Bonchev–Trinajstić information content (AvgIpc) is 2.96. The van der Waals surface area contributed by atoms with Crippen LogP contribution in [0.5, 0.6) is 0 Å². The molecular formula is C17H27N5. The quantitative estimate of drug-likeness (QED) is 0.920. The molecule has 0 radical (unpaired) electrons. The van der Waals surface area contributed by atoms with Gasteiger partial charge >= 0.3 is 0 Å². The van der Waals surface area contributed by atoms with E-state index in [1.807, 2.05) is 10.7 Å². The third-order valence-electron chi connectivity index (χ3n) is 4.28. The maximum Gasteiger partial charge on any atom is 0.162 e. The van der Waals surface area contributed by atoms with Crippen LogP contribution in [-0.4, -0.2) is 34.2 Å². The molecule has 0 spiro atoms. The summed E-state index contributed by atoms with van der Waals surface area (Å²) in [6.07, 6.45) is 6.78. The van der Waals surface area contributed by atoms with Gasteiger partial charge in [-0.15, -0.1) is 0 Å². The average molecular weight is 301 g/mol.